The maximum atomic E-state index is 6.14. The summed E-state index contributed by atoms with van der Waals surface area (Å²) in [7, 11) is 4.18. The molecule has 0 saturated carbocycles. The Bertz CT molecular complexity index is 309. The summed E-state index contributed by atoms with van der Waals surface area (Å²) in [6.45, 7) is 0.972. The molecule has 12 heavy (non-hydrogen) atoms. The van der Waals surface area contributed by atoms with Gasteiger partial charge in [0.1, 0.15) is 12.2 Å². The first kappa shape index (κ1) is 7.90. The van der Waals surface area contributed by atoms with Gasteiger partial charge in [0.25, 0.3) is 0 Å². The zero-order valence-electron chi connectivity index (χ0n) is 7.29. The van der Waals surface area contributed by atoms with Crippen LogP contribution >= 0.6 is 11.8 Å². The molecule has 1 aromatic carbocycles. The van der Waals surface area contributed by atoms with Gasteiger partial charge in [-0.05, 0) is 6.07 Å². The van der Waals surface area contributed by atoms with Crippen LogP contribution in [-0.2, 0) is 6.54 Å². The molecule has 0 N–H and O–H groups in total. The van der Waals surface area contributed by atoms with Crippen LogP contribution < -0.4 is 4.53 Å². The average Bonchev–Trinajstić information content (AvgIpc) is 2.24. The monoisotopic (exact) mass is 183 g/mol. The number of quaternary nitrogens is 1. The van der Waals surface area contributed by atoms with Gasteiger partial charge in [0.05, 0.1) is 25.9 Å². The summed E-state index contributed by atoms with van der Waals surface area (Å²) in [5.74, 6) is 0. The van der Waals surface area contributed by atoms with Crippen LogP contribution in [-0.4, -0.2) is 18.7 Å². The van der Waals surface area contributed by atoms with Crippen LogP contribution in [0, 0.1) is 0 Å². The summed E-state index contributed by atoms with van der Waals surface area (Å²) in [6.07, 6.45) is 0. The first-order valence-corrected chi connectivity index (χ1v) is 4.32. The number of fused-ring (bicyclic) bond motifs is 1. The van der Waals surface area contributed by atoms with Crippen molar-refractivity contribution < 1.29 is 4.59 Å². The lowest BCUT2D eigenvalue weighted by atomic mass is 10.2. The molecular formula is C9H12ClN2+. The highest BCUT2D eigenvalue weighted by molar-refractivity contribution is 6.24. The average molecular weight is 184 g/mol. The van der Waals surface area contributed by atoms with E-state index in [-0.39, 0.29) is 0 Å². The number of hydrogen-bond acceptors (Lipinski definition) is 1. The molecule has 0 atom stereocenters. The summed E-state index contributed by atoms with van der Waals surface area (Å²) >= 11 is 6.14. The van der Waals surface area contributed by atoms with Gasteiger partial charge in [-0.3, -0.25) is 0 Å². The fourth-order valence-corrected chi connectivity index (χ4v) is 1.81. The van der Waals surface area contributed by atoms with Crippen molar-refractivity contribution in [3.05, 3.63) is 29.8 Å². The predicted octanol–water partition coefficient (Wildman–Crippen LogP) is 2.15. The van der Waals surface area contributed by atoms with Crippen LogP contribution in [0.15, 0.2) is 24.3 Å². The summed E-state index contributed by atoms with van der Waals surface area (Å²) < 4.78 is 2.47. The van der Waals surface area contributed by atoms with Crippen molar-refractivity contribution >= 4 is 17.5 Å². The lowest BCUT2D eigenvalue weighted by Crippen LogP contribution is -2.44. The summed E-state index contributed by atoms with van der Waals surface area (Å²) in [4.78, 5) is 0. The van der Waals surface area contributed by atoms with E-state index >= 15 is 0 Å². The highest BCUT2D eigenvalue weighted by atomic mass is 35.5. The quantitative estimate of drug-likeness (QED) is 0.440. The Hall–Kier alpha value is -0.730. The topological polar surface area (TPSA) is 3.24 Å². The van der Waals surface area contributed by atoms with E-state index in [0.29, 0.717) is 4.59 Å². The van der Waals surface area contributed by atoms with Crippen molar-refractivity contribution in [3.63, 3.8) is 0 Å². The lowest BCUT2D eigenvalue weighted by molar-refractivity contribution is -0.896. The van der Waals surface area contributed by atoms with E-state index in [1.807, 2.05) is 6.07 Å². The van der Waals surface area contributed by atoms with E-state index in [1.54, 1.807) is 4.53 Å². The third-order valence-electron chi connectivity index (χ3n) is 2.22. The first-order chi connectivity index (χ1) is 5.61. The minimum Gasteiger partial charge on any atom is -0.206 e. The van der Waals surface area contributed by atoms with E-state index in [0.717, 1.165) is 12.2 Å². The molecule has 0 unspecified atom stereocenters. The van der Waals surface area contributed by atoms with Gasteiger partial charge in [0.15, 0.2) is 0 Å². The maximum absolute atomic E-state index is 6.14. The summed E-state index contributed by atoms with van der Waals surface area (Å²) in [5, 5.41) is 0. The van der Waals surface area contributed by atoms with Crippen molar-refractivity contribution in [1.82, 2.24) is 0 Å². The fourth-order valence-electron chi connectivity index (χ4n) is 1.60. The zero-order valence-corrected chi connectivity index (χ0v) is 8.04. The second-order valence-corrected chi connectivity index (χ2v) is 3.99. The molecular weight excluding hydrogens is 172 g/mol. The molecule has 0 saturated heterocycles. The molecule has 1 aliphatic rings. The minimum absolute atomic E-state index is 0.695. The number of halogens is 1. The van der Waals surface area contributed by atoms with Crippen LogP contribution in [0.2, 0.25) is 0 Å². The van der Waals surface area contributed by atoms with Crippen LogP contribution in [0.3, 0.4) is 0 Å². The SMILES string of the molecule is C[N+]1(C)Cc2ccccc2N1Cl. The molecule has 0 amide bonds. The van der Waals surface area contributed by atoms with Crippen molar-refractivity contribution in [1.29, 1.82) is 0 Å². The molecule has 1 aliphatic heterocycles. The molecule has 0 radical (unpaired) electrons. The number of anilines is 1. The van der Waals surface area contributed by atoms with E-state index in [1.165, 1.54) is 5.56 Å². The van der Waals surface area contributed by atoms with Crippen molar-refractivity contribution in [2.75, 3.05) is 18.6 Å². The molecule has 0 fully saturated rings. The Balaban J connectivity index is 2.49. The molecule has 0 aromatic heterocycles. The second-order valence-electron chi connectivity index (χ2n) is 3.67. The lowest BCUT2D eigenvalue weighted by Gasteiger charge is -2.28. The van der Waals surface area contributed by atoms with Gasteiger partial charge >= 0.3 is 0 Å². The van der Waals surface area contributed by atoms with Crippen LogP contribution in [0.5, 0.6) is 0 Å². The van der Waals surface area contributed by atoms with E-state index in [9.17, 15) is 0 Å². The van der Waals surface area contributed by atoms with E-state index in [2.05, 4.69) is 32.3 Å². The zero-order chi connectivity index (χ0) is 8.77. The predicted molar refractivity (Wildman–Crippen MR) is 50.6 cm³/mol. The number of benzene rings is 1. The van der Waals surface area contributed by atoms with Gasteiger partial charge in [-0.2, -0.15) is 0 Å². The highest BCUT2D eigenvalue weighted by Gasteiger charge is 2.35. The van der Waals surface area contributed by atoms with Gasteiger partial charge in [-0.1, -0.05) is 18.2 Å². The molecule has 2 nitrogen and oxygen atoms in total. The standard InChI is InChI=1S/C9H12ClN2/c1-12(2)7-8-5-3-4-6-9(8)11(12)10/h3-6H,7H2,1-2H3/q+1. The van der Waals surface area contributed by atoms with E-state index < -0.39 is 0 Å². The van der Waals surface area contributed by atoms with E-state index in [4.69, 9.17) is 11.8 Å². The van der Waals surface area contributed by atoms with Gasteiger partial charge in [-0.15, -0.1) is 4.53 Å². The Labute approximate surface area is 77.6 Å². The molecule has 64 valence electrons. The summed E-state index contributed by atoms with van der Waals surface area (Å²) in [5.41, 5.74) is 2.45. The fraction of sp³-hybridized carbons (Fsp3) is 0.333. The van der Waals surface area contributed by atoms with Crippen LogP contribution in [0.1, 0.15) is 5.56 Å². The number of rotatable bonds is 0. The third kappa shape index (κ3) is 0.993. The number of para-hydroxylation sites is 1. The van der Waals surface area contributed by atoms with Gasteiger partial charge < -0.3 is 0 Å². The van der Waals surface area contributed by atoms with Crippen molar-refractivity contribution in [2.24, 2.45) is 0 Å². The normalized spacial score (nSPS) is 19.4. The van der Waals surface area contributed by atoms with Crippen molar-refractivity contribution in [3.8, 4) is 0 Å². The second kappa shape index (κ2) is 2.38. The van der Waals surface area contributed by atoms with Crippen LogP contribution in [0.4, 0.5) is 5.69 Å². The Morgan fingerprint density at radius 1 is 1.33 bits per heavy atom. The first-order valence-electron chi connectivity index (χ1n) is 3.98. The van der Waals surface area contributed by atoms with Crippen LogP contribution in [0.25, 0.3) is 0 Å². The minimum atomic E-state index is 0.695. The molecule has 3 heteroatoms. The van der Waals surface area contributed by atoms with Crippen molar-refractivity contribution in [2.45, 2.75) is 6.54 Å². The molecule has 0 bridgehead atoms. The Kier molecular flexibility index (Phi) is 1.56. The smallest absolute Gasteiger partial charge is 0.130 e. The highest BCUT2D eigenvalue weighted by Crippen LogP contribution is 2.35. The van der Waals surface area contributed by atoms with Gasteiger partial charge in [0.2, 0.25) is 0 Å². The number of hydrogen-bond donors (Lipinski definition) is 0. The number of nitrogens with zero attached hydrogens (tertiary/aromatic N) is 2. The molecule has 1 aromatic rings. The van der Waals surface area contributed by atoms with Gasteiger partial charge in [0, 0.05) is 5.56 Å². The molecule has 0 aliphatic carbocycles. The summed E-state index contributed by atoms with van der Waals surface area (Å²) in [6, 6.07) is 8.24. The van der Waals surface area contributed by atoms with Gasteiger partial charge in [-0.25, -0.2) is 4.59 Å². The Morgan fingerprint density at radius 3 is 2.67 bits per heavy atom. The molecule has 1 heterocycles. The Morgan fingerprint density at radius 2 is 2.00 bits per heavy atom. The molecule has 0 spiro atoms. The largest absolute Gasteiger partial charge is 0.206 e. The third-order valence-corrected chi connectivity index (χ3v) is 2.81. The maximum Gasteiger partial charge on any atom is 0.130 e. The molecule has 2 rings (SSSR count).